The number of likely N-dealkylation sites (tertiary alicyclic amines) is 1. The Morgan fingerprint density at radius 1 is 1.18 bits per heavy atom. The first-order valence-electron chi connectivity index (χ1n) is 6.71. The highest BCUT2D eigenvalue weighted by Crippen LogP contribution is 2.25. The second-order valence-corrected chi connectivity index (χ2v) is 5.38. The van der Waals surface area contributed by atoms with Crippen LogP contribution in [-0.2, 0) is 6.54 Å². The predicted molar refractivity (Wildman–Crippen MR) is 71.3 cm³/mol. The van der Waals surface area contributed by atoms with Gasteiger partial charge in [0.15, 0.2) is 0 Å². The summed E-state index contributed by atoms with van der Waals surface area (Å²) in [5, 5.41) is 9.92. The van der Waals surface area contributed by atoms with E-state index in [4.69, 9.17) is 0 Å². The third-order valence-corrected chi connectivity index (χ3v) is 3.61. The first-order chi connectivity index (χ1) is 8.16. The fraction of sp³-hybridized carbons (Fsp3) is 0.600. The first kappa shape index (κ1) is 12.4. The molecule has 0 atom stereocenters. The Kier molecular flexibility index (Phi) is 4.06. The molecule has 1 aliphatic heterocycles. The van der Waals surface area contributed by atoms with Crippen LogP contribution in [0.2, 0.25) is 0 Å². The maximum absolute atomic E-state index is 9.92. The molecule has 2 heteroatoms. The average Bonchev–Trinajstić information content (AvgIpc) is 2.33. The van der Waals surface area contributed by atoms with Gasteiger partial charge in [-0.25, -0.2) is 0 Å². The molecule has 0 spiro atoms. The Morgan fingerprint density at radius 2 is 1.88 bits per heavy atom. The molecular formula is C15H23NO. The van der Waals surface area contributed by atoms with Crippen molar-refractivity contribution in [3.05, 3.63) is 29.3 Å². The van der Waals surface area contributed by atoms with E-state index >= 15 is 0 Å². The number of aromatic hydroxyl groups is 1. The van der Waals surface area contributed by atoms with Gasteiger partial charge in [0.1, 0.15) is 5.75 Å². The molecule has 0 bridgehead atoms. The van der Waals surface area contributed by atoms with Crippen molar-refractivity contribution in [2.45, 2.75) is 45.6 Å². The maximum atomic E-state index is 9.92. The van der Waals surface area contributed by atoms with Crippen LogP contribution in [-0.4, -0.2) is 23.1 Å². The van der Waals surface area contributed by atoms with Gasteiger partial charge in [0, 0.05) is 12.1 Å². The van der Waals surface area contributed by atoms with E-state index in [1.54, 1.807) is 0 Å². The Bertz CT molecular complexity index is 367. The molecule has 1 fully saturated rings. The smallest absolute Gasteiger partial charge is 0.120 e. The topological polar surface area (TPSA) is 23.5 Å². The summed E-state index contributed by atoms with van der Waals surface area (Å²) in [6, 6.07) is 6.03. The summed E-state index contributed by atoms with van der Waals surface area (Å²) >= 11 is 0. The van der Waals surface area contributed by atoms with Crippen molar-refractivity contribution in [3.63, 3.8) is 0 Å². The van der Waals surface area contributed by atoms with Crippen molar-refractivity contribution in [2.24, 2.45) is 0 Å². The van der Waals surface area contributed by atoms with Gasteiger partial charge in [0.25, 0.3) is 0 Å². The standard InChI is InChI=1S/C15H23NO/c1-12(2)13-6-7-15(17)14(10-13)11-16-8-4-3-5-9-16/h6-7,10,12,17H,3-5,8-9,11H2,1-2H3. The molecule has 1 N–H and O–H groups in total. The summed E-state index contributed by atoms with van der Waals surface area (Å²) in [6.45, 7) is 7.62. The van der Waals surface area contributed by atoms with Gasteiger partial charge in [-0.1, -0.05) is 32.4 Å². The molecule has 1 heterocycles. The van der Waals surface area contributed by atoms with Gasteiger partial charge in [0.2, 0.25) is 0 Å². The molecule has 1 saturated heterocycles. The zero-order chi connectivity index (χ0) is 12.3. The highest BCUT2D eigenvalue weighted by molar-refractivity contribution is 5.37. The minimum atomic E-state index is 0.444. The van der Waals surface area contributed by atoms with Crippen molar-refractivity contribution in [1.82, 2.24) is 4.90 Å². The lowest BCUT2D eigenvalue weighted by atomic mass is 9.99. The lowest BCUT2D eigenvalue weighted by Crippen LogP contribution is -2.29. The zero-order valence-corrected chi connectivity index (χ0v) is 10.9. The monoisotopic (exact) mass is 233 g/mol. The summed E-state index contributed by atoms with van der Waals surface area (Å²) in [5.74, 6) is 0.968. The fourth-order valence-electron chi connectivity index (χ4n) is 2.45. The molecule has 94 valence electrons. The van der Waals surface area contributed by atoms with Crippen LogP contribution in [0.1, 0.15) is 50.2 Å². The molecular weight excluding hydrogens is 210 g/mol. The summed E-state index contributed by atoms with van der Waals surface area (Å²) < 4.78 is 0. The van der Waals surface area contributed by atoms with Crippen LogP contribution in [0.3, 0.4) is 0 Å². The average molecular weight is 233 g/mol. The molecule has 2 rings (SSSR count). The zero-order valence-electron chi connectivity index (χ0n) is 10.9. The molecule has 2 nitrogen and oxygen atoms in total. The number of hydrogen-bond donors (Lipinski definition) is 1. The van der Waals surface area contributed by atoms with Gasteiger partial charge in [0.05, 0.1) is 0 Å². The van der Waals surface area contributed by atoms with E-state index in [-0.39, 0.29) is 0 Å². The molecule has 0 saturated carbocycles. The predicted octanol–water partition coefficient (Wildman–Crippen LogP) is 3.50. The van der Waals surface area contributed by atoms with Crippen LogP contribution in [0.5, 0.6) is 5.75 Å². The highest BCUT2D eigenvalue weighted by atomic mass is 16.3. The number of hydrogen-bond acceptors (Lipinski definition) is 2. The second-order valence-electron chi connectivity index (χ2n) is 5.38. The van der Waals surface area contributed by atoms with Crippen LogP contribution in [0.25, 0.3) is 0 Å². The van der Waals surface area contributed by atoms with E-state index in [0.29, 0.717) is 11.7 Å². The SMILES string of the molecule is CC(C)c1ccc(O)c(CN2CCCCC2)c1. The van der Waals surface area contributed by atoms with E-state index in [9.17, 15) is 5.11 Å². The van der Waals surface area contributed by atoms with Crippen LogP contribution in [0.4, 0.5) is 0 Å². The van der Waals surface area contributed by atoms with E-state index < -0.39 is 0 Å². The Morgan fingerprint density at radius 3 is 2.53 bits per heavy atom. The Labute approximate surface area is 104 Å². The van der Waals surface area contributed by atoms with E-state index in [2.05, 4.69) is 24.8 Å². The first-order valence-corrected chi connectivity index (χ1v) is 6.71. The van der Waals surface area contributed by atoms with Gasteiger partial charge < -0.3 is 5.11 Å². The molecule has 17 heavy (non-hydrogen) atoms. The van der Waals surface area contributed by atoms with Gasteiger partial charge >= 0.3 is 0 Å². The van der Waals surface area contributed by atoms with E-state index in [1.165, 1.54) is 37.9 Å². The number of phenolic OH excluding ortho intramolecular Hbond substituents is 1. The molecule has 1 aromatic carbocycles. The van der Waals surface area contributed by atoms with Crippen molar-refractivity contribution >= 4 is 0 Å². The van der Waals surface area contributed by atoms with Crippen LogP contribution < -0.4 is 0 Å². The number of benzene rings is 1. The summed E-state index contributed by atoms with van der Waals surface area (Å²) in [6.07, 6.45) is 3.95. The third-order valence-electron chi connectivity index (χ3n) is 3.61. The number of phenols is 1. The lowest BCUT2D eigenvalue weighted by molar-refractivity contribution is 0.218. The fourth-order valence-corrected chi connectivity index (χ4v) is 2.45. The normalized spacial score (nSPS) is 17.6. The Balaban J connectivity index is 2.10. The lowest BCUT2D eigenvalue weighted by Gasteiger charge is -2.27. The van der Waals surface area contributed by atoms with Gasteiger partial charge in [-0.3, -0.25) is 4.90 Å². The highest BCUT2D eigenvalue weighted by Gasteiger charge is 2.13. The number of rotatable bonds is 3. The molecule has 0 aliphatic carbocycles. The molecule has 0 unspecified atom stereocenters. The number of piperidine rings is 1. The largest absolute Gasteiger partial charge is 0.508 e. The van der Waals surface area contributed by atoms with Gasteiger partial charge in [-0.15, -0.1) is 0 Å². The summed E-state index contributed by atoms with van der Waals surface area (Å²) in [5.41, 5.74) is 2.40. The van der Waals surface area contributed by atoms with E-state index in [1.807, 2.05) is 12.1 Å². The van der Waals surface area contributed by atoms with Gasteiger partial charge in [-0.05, 0) is 43.5 Å². The van der Waals surface area contributed by atoms with Gasteiger partial charge in [-0.2, -0.15) is 0 Å². The van der Waals surface area contributed by atoms with Crippen molar-refractivity contribution in [1.29, 1.82) is 0 Å². The minimum absolute atomic E-state index is 0.444. The molecule has 0 aromatic heterocycles. The van der Waals surface area contributed by atoms with Crippen molar-refractivity contribution < 1.29 is 5.11 Å². The molecule has 0 radical (unpaired) electrons. The minimum Gasteiger partial charge on any atom is -0.508 e. The van der Waals surface area contributed by atoms with Crippen LogP contribution >= 0.6 is 0 Å². The van der Waals surface area contributed by atoms with Crippen LogP contribution in [0, 0.1) is 0 Å². The van der Waals surface area contributed by atoms with E-state index in [0.717, 1.165) is 12.1 Å². The third kappa shape index (κ3) is 3.22. The second kappa shape index (κ2) is 5.54. The summed E-state index contributed by atoms with van der Waals surface area (Å²) in [4.78, 5) is 2.45. The molecule has 1 aromatic rings. The van der Waals surface area contributed by atoms with Crippen molar-refractivity contribution in [3.8, 4) is 5.75 Å². The Hall–Kier alpha value is -1.02. The maximum Gasteiger partial charge on any atom is 0.120 e. The van der Waals surface area contributed by atoms with Crippen molar-refractivity contribution in [2.75, 3.05) is 13.1 Å². The number of nitrogens with zero attached hydrogens (tertiary/aromatic N) is 1. The van der Waals surface area contributed by atoms with Crippen LogP contribution in [0.15, 0.2) is 18.2 Å². The quantitative estimate of drug-likeness (QED) is 0.863. The molecule has 1 aliphatic rings. The molecule has 0 amide bonds. The summed E-state index contributed by atoms with van der Waals surface area (Å²) in [7, 11) is 0.